The van der Waals surface area contributed by atoms with Crippen molar-refractivity contribution in [3.05, 3.63) is 81.9 Å². The minimum Gasteiger partial charge on any atom is -0.345 e. The Morgan fingerprint density at radius 3 is 2.69 bits per heavy atom. The molecule has 0 spiro atoms. The molecule has 4 aromatic heterocycles. The number of hydrogen-bond donors (Lipinski definition) is 1. The maximum Gasteiger partial charge on any atom is 0.284 e. The largest absolute Gasteiger partial charge is 0.345 e. The number of rotatable bonds is 3. The van der Waals surface area contributed by atoms with Gasteiger partial charge in [0.05, 0.1) is 34.2 Å². The third-order valence-corrected chi connectivity index (χ3v) is 6.37. The van der Waals surface area contributed by atoms with Crippen molar-refractivity contribution in [2.45, 2.75) is 18.6 Å². The first kappa shape index (κ1) is 25.6. The van der Waals surface area contributed by atoms with Gasteiger partial charge in [-0.05, 0) is 18.2 Å². The molecule has 1 fully saturated rings. The quantitative estimate of drug-likeness (QED) is 0.371. The van der Waals surface area contributed by atoms with Gasteiger partial charge in [-0.3, -0.25) is 9.36 Å². The Morgan fingerprint density at radius 1 is 1.17 bits per heavy atom. The standard InChI is InChI=1S/C23H16ClFN8O.2H2S/c24-16-6-7-32-19(16)23(34)33(15-4-2-1-3-5-15)21(30-32)17-8-14(25)11-31(17)22-18-13(9-26)10-27-20(18)28-12-29-22;;/h1-7,10,12,14,17H,8,11H2,(H,27,28,29);2*1H2/t14-,17-;;/m0../s1. The molecule has 0 saturated carbocycles. The van der Waals surface area contributed by atoms with E-state index in [1.54, 1.807) is 35.5 Å². The molecule has 0 unspecified atom stereocenters. The van der Waals surface area contributed by atoms with Crippen LogP contribution in [0.4, 0.5) is 10.2 Å². The molecule has 5 aromatic rings. The topological polar surface area (TPSA) is 108 Å². The Hall–Kier alpha value is -3.53. The van der Waals surface area contributed by atoms with Gasteiger partial charge < -0.3 is 9.88 Å². The van der Waals surface area contributed by atoms with Gasteiger partial charge >= 0.3 is 0 Å². The third kappa shape index (κ3) is 3.89. The van der Waals surface area contributed by atoms with E-state index in [-0.39, 0.29) is 56.1 Å². The second-order valence-corrected chi connectivity index (χ2v) is 8.43. The van der Waals surface area contributed by atoms with Crippen molar-refractivity contribution in [3.63, 3.8) is 0 Å². The first-order valence-electron chi connectivity index (χ1n) is 10.5. The summed E-state index contributed by atoms with van der Waals surface area (Å²) in [6.45, 7) is 0.0297. The highest BCUT2D eigenvalue weighted by Crippen LogP contribution is 2.39. The normalized spacial score (nSPS) is 17.1. The molecule has 1 aromatic carbocycles. The monoisotopic (exact) mass is 542 g/mol. The molecule has 6 rings (SSSR count). The first-order valence-corrected chi connectivity index (χ1v) is 10.9. The Labute approximate surface area is 223 Å². The smallest absolute Gasteiger partial charge is 0.284 e. The number of halogens is 2. The van der Waals surface area contributed by atoms with Gasteiger partial charge in [0.15, 0.2) is 5.82 Å². The minimum absolute atomic E-state index is 0. The molecule has 0 amide bonds. The fourth-order valence-corrected chi connectivity index (χ4v) is 4.83. The summed E-state index contributed by atoms with van der Waals surface area (Å²) in [7, 11) is 0. The molecule has 1 saturated heterocycles. The molecule has 1 N–H and O–H groups in total. The van der Waals surface area contributed by atoms with Crippen molar-refractivity contribution < 1.29 is 4.39 Å². The van der Waals surface area contributed by atoms with Gasteiger partial charge in [-0.25, -0.2) is 18.9 Å². The van der Waals surface area contributed by atoms with Gasteiger partial charge in [-0.2, -0.15) is 37.4 Å². The van der Waals surface area contributed by atoms with Crippen LogP contribution in [0.5, 0.6) is 0 Å². The average Bonchev–Trinajstić information content (AvgIpc) is 3.55. The molecule has 9 nitrogen and oxygen atoms in total. The van der Waals surface area contributed by atoms with Crippen LogP contribution in [0.25, 0.3) is 22.2 Å². The Morgan fingerprint density at radius 2 is 1.94 bits per heavy atom. The molecule has 184 valence electrons. The third-order valence-electron chi connectivity index (χ3n) is 6.07. The van der Waals surface area contributed by atoms with E-state index < -0.39 is 12.2 Å². The zero-order chi connectivity index (χ0) is 23.4. The highest BCUT2D eigenvalue weighted by atomic mass is 35.5. The average molecular weight is 543 g/mol. The SMILES string of the molecule is N#Cc1c[nH]c2ncnc(N3C[C@@H](F)C[C@H]3c3nn4ccc(Cl)c4c(=O)n3-c3ccccc3)c12.S.S. The second kappa shape index (κ2) is 9.85. The van der Waals surface area contributed by atoms with Gasteiger partial charge in [0.25, 0.3) is 5.56 Å². The van der Waals surface area contributed by atoms with Crippen LogP contribution in [-0.4, -0.2) is 41.8 Å². The van der Waals surface area contributed by atoms with Crippen LogP contribution in [0.15, 0.2) is 59.9 Å². The second-order valence-electron chi connectivity index (χ2n) is 8.03. The minimum atomic E-state index is -1.19. The highest BCUT2D eigenvalue weighted by Gasteiger charge is 2.39. The van der Waals surface area contributed by atoms with Gasteiger partial charge in [-0.15, -0.1) is 0 Å². The predicted octanol–water partition coefficient (Wildman–Crippen LogP) is 3.80. The molecular formula is C23H20ClFN8OS2. The van der Waals surface area contributed by atoms with Crippen LogP contribution in [-0.2, 0) is 0 Å². The summed E-state index contributed by atoms with van der Waals surface area (Å²) in [5.41, 5.74) is 1.29. The van der Waals surface area contributed by atoms with E-state index in [4.69, 9.17) is 16.7 Å². The summed E-state index contributed by atoms with van der Waals surface area (Å²) in [6, 6.07) is 12.1. The van der Waals surface area contributed by atoms with E-state index in [0.29, 0.717) is 33.9 Å². The van der Waals surface area contributed by atoms with Crippen molar-refractivity contribution in [1.82, 2.24) is 29.1 Å². The summed E-state index contributed by atoms with van der Waals surface area (Å²) >= 11 is 6.29. The van der Waals surface area contributed by atoms with Crippen molar-refractivity contribution >= 4 is 61.0 Å². The lowest BCUT2D eigenvalue weighted by atomic mass is 10.1. The lowest BCUT2D eigenvalue weighted by molar-refractivity contribution is 0.354. The van der Waals surface area contributed by atoms with Crippen molar-refractivity contribution in [3.8, 4) is 11.8 Å². The van der Waals surface area contributed by atoms with Crippen molar-refractivity contribution in [2.75, 3.05) is 11.4 Å². The van der Waals surface area contributed by atoms with Crippen molar-refractivity contribution in [1.29, 1.82) is 5.26 Å². The molecule has 1 aliphatic rings. The summed E-state index contributed by atoms with van der Waals surface area (Å²) in [5, 5.41) is 15.1. The predicted molar refractivity (Wildman–Crippen MR) is 145 cm³/mol. The van der Waals surface area contributed by atoms with Gasteiger partial charge in [0, 0.05) is 18.8 Å². The number of benzene rings is 1. The van der Waals surface area contributed by atoms with E-state index in [0.717, 1.165) is 0 Å². The van der Waals surface area contributed by atoms with Crippen LogP contribution < -0.4 is 10.5 Å². The summed E-state index contributed by atoms with van der Waals surface area (Å²) < 4.78 is 17.9. The lowest BCUT2D eigenvalue weighted by Crippen LogP contribution is -2.33. The van der Waals surface area contributed by atoms with E-state index in [9.17, 15) is 14.4 Å². The molecule has 2 atom stereocenters. The fraction of sp³-hybridized carbons (Fsp3) is 0.174. The van der Waals surface area contributed by atoms with Crippen LogP contribution in [0.1, 0.15) is 23.9 Å². The van der Waals surface area contributed by atoms with E-state index in [1.165, 1.54) is 15.4 Å². The number of aromatic nitrogens is 6. The maximum atomic E-state index is 15.0. The number of H-pyrrole nitrogens is 1. The van der Waals surface area contributed by atoms with Crippen LogP contribution in [0.2, 0.25) is 5.02 Å². The van der Waals surface area contributed by atoms with Crippen LogP contribution in [0.3, 0.4) is 0 Å². The number of fused-ring (bicyclic) bond motifs is 2. The summed E-state index contributed by atoms with van der Waals surface area (Å²) in [5.74, 6) is 0.754. The number of nitrogens with one attached hydrogen (secondary N) is 1. The number of hydrogen-bond acceptors (Lipinski definition) is 6. The number of alkyl halides is 1. The van der Waals surface area contributed by atoms with Crippen LogP contribution >= 0.6 is 38.6 Å². The molecule has 5 heterocycles. The number of aromatic amines is 1. The molecule has 13 heteroatoms. The zero-order valence-corrected chi connectivity index (χ0v) is 21.3. The molecule has 0 radical (unpaired) electrons. The fourth-order valence-electron chi connectivity index (χ4n) is 4.61. The number of nitrogens with zero attached hydrogens (tertiary/aromatic N) is 7. The molecule has 36 heavy (non-hydrogen) atoms. The molecular weight excluding hydrogens is 523 g/mol. The van der Waals surface area contributed by atoms with Gasteiger partial charge in [0.2, 0.25) is 0 Å². The highest BCUT2D eigenvalue weighted by molar-refractivity contribution is 7.59. The van der Waals surface area contributed by atoms with Crippen LogP contribution in [0, 0.1) is 11.3 Å². The Bertz CT molecular complexity index is 1660. The van der Waals surface area contributed by atoms with Crippen molar-refractivity contribution in [2.24, 2.45) is 0 Å². The number of para-hydroxylation sites is 1. The molecule has 1 aliphatic heterocycles. The molecule has 0 bridgehead atoms. The van der Waals surface area contributed by atoms with Gasteiger partial charge in [0.1, 0.15) is 35.5 Å². The lowest BCUT2D eigenvalue weighted by Gasteiger charge is -2.27. The van der Waals surface area contributed by atoms with Gasteiger partial charge in [-0.1, -0.05) is 29.8 Å². The number of nitriles is 1. The Balaban J connectivity index is 0.00000152. The zero-order valence-electron chi connectivity index (χ0n) is 18.6. The van der Waals surface area contributed by atoms with E-state index in [1.807, 2.05) is 18.2 Å². The summed E-state index contributed by atoms with van der Waals surface area (Å²) in [6.07, 6.45) is 3.42. The maximum absolute atomic E-state index is 15.0. The first-order chi connectivity index (χ1) is 16.6. The summed E-state index contributed by atoms with van der Waals surface area (Å²) in [4.78, 5) is 26.9. The molecule has 0 aliphatic carbocycles. The van der Waals surface area contributed by atoms with E-state index >= 15 is 0 Å². The van der Waals surface area contributed by atoms with E-state index in [2.05, 4.69) is 21.0 Å². The Kier molecular flexibility index (Phi) is 6.99. The number of anilines is 1.